The third kappa shape index (κ3) is 4.73. The van der Waals surface area contributed by atoms with Crippen LogP contribution in [0.15, 0.2) is 54.6 Å². The molecule has 3 rings (SSSR count). The number of carbonyl (C=O) groups is 1. The average molecular weight is 347 g/mol. The Morgan fingerprint density at radius 1 is 1.00 bits per heavy atom. The molecule has 1 fully saturated rings. The first-order valence-corrected chi connectivity index (χ1v) is 8.10. The van der Waals surface area contributed by atoms with Gasteiger partial charge in [-0.15, -0.1) is 12.4 Å². The highest BCUT2D eigenvalue weighted by Gasteiger charge is 2.16. The summed E-state index contributed by atoms with van der Waals surface area (Å²) in [6, 6.07) is 17.9. The van der Waals surface area contributed by atoms with Gasteiger partial charge in [-0.05, 0) is 24.6 Å². The van der Waals surface area contributed by atoms with Gasteiger partial charge in [-0.25, -0.2) is 0 Å². The predicted octanol–water partition coefficient (Wildman–Crippen LogP) is 2.98. The van der Waals surface area contributed by atoms with E-state index in [1.807, 2.05) is 59.5 Å². The molecule has 0 bridgehead atoms. The number of benzene rings is 2. The van der Waals surface area contributed by atoms with Crippen LogP contribution in [-0.2, 0) is 4.79 Å². The van der Waals surface area contributed by atoms with Crippen molar-refractivity contribution in [1.29, 1.82) is 0 Å². The van der Waals surface area contributed by atoms with Gasteiger partial charge >= 0.3 is 0 Å². The maximum atomic E-state index is 12.3. The van der Waals surface area contributed by atoms with E-state index in [0.717, 1.165) is 49.5 Å². The summed E-state index contributed by atoms with van der Waals surface area (Å²) in [4.78, 5) is 14.2. The summed E-state index contributed by atoms with van der Waals surface area (Å²) < 4.78 is 5.84. The molecule has 0 saturated carbocycles. The Morgan fingerprint density at radius 2 is 1.75 bits per heavy atom. The molecule has 0 aromatic heterocycles. The highest BCUT2D eigenvalue weighted by molar-refractivity contribution is 5.85. The zero-order chi connectivity index (χ0) is 15.9. The first-order valence-electron chi connectivity index (χ1n) is 8.10. The number of rotatable bonds is 4. The van der Waals surface area contributed by atoms with E-state index in [9.17, 15) is 4.79 Å². The Morgan fingerprint density at radius 3 is 2.58 bits per heavy atom. The third-order valence-corrected chi connectivity index (χ3v) is 4.02. The molecule has 24 heavy (non-hydrogen) atoms. The molecule has 0 aliphatic carbocycles. The maximum absolute atomic E-state index is 12.3. The fraction of sp³-hybridized carbons (Fsp3) is 0.316. The number of carbonyl (C=O) groups excluding carboxylic acids is 1. The van der Waals surface area contributed by atoms with Crippen LogP contribution in [0.1, 0.15) is 6.42 Å². The van der Waals surface area contributed by atoms with Crippen molar-refractivity contribution >= 4 is 18.3 Å². The van der Waals surface area contributed by atoms with Crippen LogP contribution in [0.3, 0.4) is 0 Å². The van der Waals surface area contributed by atoms with Crippen LogP contribution in [0.5, 0.6) is 5.75 Å². The molecule has 1 saturated heterocycles. The number of para-hydroxylation sites is 1. The van der Waals surface area contributed by atoms with Crippen LogP contribution in [0.25, 0.3) is 11.1 Å². The van der Waals surface area contributed by atoms with Gasteiger partial charge < -0.3 is 15.0 Å². The summed E-state index contributed by atoms with van der Waals surface area (Å²) in [5, 5.41) is 3.30. The summed E-state index contributed by atoms with van der Waals surface area (Å²) >= 11 is 0. The summed E-state index contributed by atoms with van der Waals surface area (Å²) in [6.45, 7) is 3.47. The number of amides is 1. The monoisotopic (exact) mass is 346 g/mol. The molecule has 4 nitrogen and oxygen atoms in total. The summed E-state index contributed by atoms with van der Waals surface area (Å²) in [7, 11) is 0. The highest BCUT2D eigenvalue weighted by Crippen LogP contribution is 2.29. The molecule has 0 unspecified atom stereocenters. The number of nitrogens with zero attached hydrogens (tertiary/aromatic N) is 1. The number of ether oxygens (including phenoxy) is 1. The summed E-state index contributed by atoms with van der Waals surface area (Å²) in [6.07, 6.45) is 0.992. The van der Waals surface area contributed by atoms with Gasteiger partial charge in [0, 0.05) is 25.2 Å². The number of halogens is 1. The quantitative estimate of drug-likeness (QED) is 0.925. The standard InChI is InChI=1S/C19H22N2O2.ClH/c22-19(21-13-6-11-20-12-14-21)15-23-18-10-5-4-9-17(18)16-7-2-1-3-8-16;/h1-5,7-10,20H,6,11-15H2;1H. The van der Waals surface area contributed by atoms with E-state index < -0.39 is 0 Å². The average Bonchev–Trinajstić information content (AvgIpc) is 2.90. The van der Waals surface area contributed by atoms with Crippen molar-refractivity contribution in [2.75, 3.05) is 32.8 Å². The molecule has 0 spiro atoms. The Hall–Kier alpha value is -2.04. The SMILES string of the molecule is Cl.O=C(COc1ccccc1-c1ccccc1)N1CCCNCC1. The molecule has 1 aliphatic rings. The van der Waals surface area contributed by atoms with E-state index in [2.05, 4.69) is 5.32 Å². The second kappa shape index (κ2) is 9.30. The molecule has 128 valence electrons. The van der Waals surface area contributed by atoms with Gasteiger partial charge in [0.15, 0.2) is 6.61 Å². The van der Waals surface area contributed by atoms with E-state index in [1.54, 1.807) is 0 Å². The van der Waals surface area contributed by atoms with Gasteiger partial charge in [0.1, 0.15) is 5.75 Å². The molecule has 0 atom stereocenters. The second-order valence-electron chi connectivity index (χ2n) is 5.64. The first kappa shape index (κ1) is 18.3. The van der Waals surface area contributed by atoms with Crippen molar-refractivity contribution in [1.82, 2.24) is 10.2 Å². The van der Waals surface area contributed by atoms with E-state index in [0.29, 0.717) is 0 Å². The van der Waals surface area contributed by atoms with E-state index >= 15 is 0 Å². The van der Waals surface area contributed by atoms with Gasteiger partial charge in [-0.2, -0.15) is 0 Å². The number of hydrogen-bond acceptors (Lipinski definition) is 3. The molecule has 5 heteroatoms. The van der Waals surface area contributed by atoms with Crippen molar-refractivity contribution in [2.24, 2.45) is 0 Å². The number of nitrogens with one attached hydrogen (secondary N) is 1. The topological polar surface area (TPSA) is 41.6 Å². The van der Waals surface area contributed by atoms with E-state index in [-0.39, 0.29) is 24.9 Å². The van der Waals surface area contributed by atoms with Crippen LogP contribution in [0.2, 0.25) is 0 Å². The second-order valence-corrected chi connectivity index (χ2v) is 5.64. The minimum absolute atomic E-state index is 0. The lowest BCUT2D eigenvalue weighted by molar-refractivity contribution is -0.133. The van der Waals surface area contributed by atoms with Gasteiger partial charge in [-0.1, -0.05) is 48.5 Å². The van der Waals surface area contributed by atoms with Gasteiger partial charge in [0.25, 0.3) is 5.91 Å². The van der Waals surface area contributed by atoms with Crippen molar-refractivity contribution < 1.29 is 9.53 Å². The smallest absolute Gasteiger partial charge is 0.260 e. The fourth-order valence-corrected chi connectivity index (χ4v) is 2.77. The van der Waals surface area contributed by atoms with Crippen LogP contribution < -0.4 is 10.1 Å². The van der Waals surface area contributed by atoms with Crippen molar-refractivity contribution in [3.8, 4) is 16.9 Å². The van der Waals surface area contributed by atoms with Gasteiger partial charge in [-0.3, -0.25) is 4.79 Å². The van der Waals surface area contributed by atoms with Crippen LogP contribution in [0, 0.1) is 0 Å². The summed E-state index contributed by atoms with van der Waals surface area (Å²) in [5.41, 5.74) is 2.10. The molecular formula is C19H23ClN2O2. The molecule has 2 aromatic carbocycles. The van der Waals surface area contributed by atoms with Gasteiger partial charge in [0.2, 0.25) is 0 Å². The summed E-state index contributed by atoms with van der Waals surface area (Å²) in [5.74, 6) is 0.802. The molecule has 1 aliphatic heterocycles. The molecule has 1 N–H and O–H groups in total. The molecular weight excluding hydrogens is 324 g/mol. The normalized spacial score (nSPS) is 14.4. The van der Waals surface area contributed by atoms with Crippen molar-refractivity contribution in [3.05, 3.63) is 54.6 Å². The number of hydrogen-bond donors (Lipinski definition) is 1. The fourth-order valence-electron chi connectivity index (χ4n) is 2.77. The zero-order valence-electron chi connectivity index (χ0n) is 13.6. The maximum Gasteiger partial charge on any atom is 0.260 e. The molecule has 0 radical (unpaired) electrons. The Kier molecular flexibility index (Phi) is 7.09. The van der Waals surface area contributed by atoms with Crippen molar-refractivity contribution in [3.63, 3.8) is 0 Å². The first-order chi connectivity index (χ1) is 11.3. The Balaban J connectivity index is 0.00000208. The Bertz CT molecular complexity index is 641. The van der Waals surface area contributed by atoms with Crippen LogP contribution in [0.4, 0.5) is 0 Å². The van der Waals surface area contributed by atoms with Gasteiger partial charge in [0.05, 0.1) is 0 Å². The lowest BCUT2D eigenvalue weighted by Gasteiger charge is -2.20. The van der Waals surface area contributed by atoms with Crippen molar-refractivity contribution in [2.45, 2.75) is 6.42 Å². The minimum Gasteiger partial charge on any atom is -0.483 e. The van der Waals surface area contributed by atoms with Crippen LogP contribution in [-0.4, -0.2) is 43.6 Å². The molecule has 1 amide bonds. The van der Waals surface area contributed by atoms with Crippen LogP contribution >= 0.6 is 12.4 Å². The third-order valence-electron chi connectivity index (χ3n) is 4.02. The minimum atomic E-state index is 0. The zero-order valence-corrected chi connectivity index (χ0v) is 14.4. The highest BCUT2D eigenvalue weighted by atomic mass is 35.5. The van der Waals surface area contributed by atoms with E-state index in [4.69, 9.17) is 4.74 Å². The Labute approximate surface area is 149 Å². The lowest BCUT2D eigenvalue weighted by Crippen LogP contribution is -2.37. The molecule has 1 heterocycles. The van der Waals surface area contributed by atoms with E-state index in [1.165, 1.54) is 0 Å². The molecule has 2 aromatic rings. The lowest BCUT2D eigenvalue weighted by atomic mass is 10.1. The predicted molar refractivity (Wildman–Crippen MR) is 98.7 cm³/mol. The largest absolute Gasteiger partial charge is 0.483 e.